The molecule has 0 saturated heterocycles. The second kappa shape index (κ2) is 11.5. The van der Waals surface area contributed by atoms with Crippen LogP contribution in [0.5, 0.6) is 11.5 Å². The van der Waals surface area contributed by atoms with E-state index in [0.717, 1.165) is 16.3 Å². The Labute approximate surface area is 227 Å². The molecule has 4 aromatic rings. The molecule has 0 aliphatic heterocycles. The maximum Gasteiger partial charge on any atom is 0.266 e. The fraction of sp³-hybridized carbons (Fsp3) is 0.0714. The number of ether oxygens (including phenoxy) is 2. The number of nitrogens with zero attached hydrogens (tertiary/aromatic N) is 1. The van der Waals surface area contributed by atoms with Crippen LogP contribution in [0.1, 0.15) is 11.1 Å². The lowest BCUT2D eigenvalue weighted by molar-refractivity contribution is -0.112. The molecule has 0 aliphatic carbocycles. The molecule has 180 valence electrons. The molecule has 0 atom stereocenters. The van der Waals surface area contributed by atoms with Crippen LogP contribution < -0.4 is 14.8 Å². The molecule has 0 aliphatic rings. The van der Waals surface area contributed by atoms with Gasteiger partial charge in [0.15, 0.2) is 11.5 Å². The van der Waals surface area contributed by atoms with E-state index >= 15 is 0 Å². The first-order valence-electron chi connectivity index (χ1n) is 10.7. The number of methoxy groups -OCH3 is 1. The van der Waals surface area contributed by atoms with Gasteiger partial charge in [-0.15, -0.1) is 0 Å². The van der Waals surface area contributed by atoms with Crippen LogP contribution in [0.2, 0.25) is 10.0 Å². The van der Waals surface area contributed by atoms with Gasteiger partial charge in [0.05, 0.1) is 17.2 Å². The van der Waals surface area contributed by atoms with E-state index in [9.17, 15) is 10.1 Å². The molecular weight excluding hydrogens is 563 g/mol. The third-order valence-corrected chi connectivity index (χ3v) is 6.76. The number of anilines is 1. The molecule has 1 amide bonds. The van der Waals surface area contributed by atoms with Crippen LogP contribution in [0, 0.1) is 11.3 Å². The van der Waals surface area contributed by atoms with E-state index in [2.05, 4.69) is 45.5 Å². The maximum absolute atomic E-state index is 12.7. The van der Waals surface area contributed by atoms with Crippen LogP contribution in [0.15, 0.2) is 82.8 Å². The van der Waals surface area contributed by atoms with Gasteiger partial charge >= 0.3 is 0 Å². The summed E-state index contributed by atoms with van der Waals surface area (Å²) in [6.07, 6.45) is 1.46. The van der Waals surface area contributed by atoms with Crippen molar-refractivity contribution in [3.8, 4) is 17.6 Å². The Morgan fingerprint density at radius 2 is 1.78 bits per heavy atom. The Morgan fingerprint density at radius 3 is 2.50 bits per heavy atom. The van der Waals surface area contributed by atoms with E-state index in [0.29, 0.717) is 43.9 Å². The summed E-state index contributed by atoms with van der Waals surface area (Å²) < 4.78 is 12.2. The number of hydrogen-bond donors (Lipinski definition) is 1. The predicted molar refractivity (Wildman–Crippen MR) is 148 cm³/mol. The molecule has 4 aromatic carbocycles. The molecule has 0 radical (unpaired) electrons. The second-order valence-corrected chi connectivity index (χ2v) is 9.42. The van der Waals surface area contributed by atoms with Gasteiger partial charge in [-0.05, 0) is 64.4 Å². The number of carbonyl (C=O) groups is 1. The van der Waals surface area contributed by atoms with Crippen molar-refractivity contribution < 1.29 is 14.3 Å². The number of rotatable bonds is 7. The molecular formula is C28H19BrCl2N2O3. The molecule has 36 heavy (non-hydrogen) atoms. The van der Waals surface area contributed by atoms with Gasteiger partial charge in [-0.25, -0.2) is 0 Å². The number of amides is 1. The first-order valence-corrected chi connectivity index (χ1v) is 12.3. The highest BCUT2D eigenvalue weighted by atomic mass is 79.9. The Kier molecular flexibility index (Phi) is 8.17. The van der Waals surface area contributed by atoms with Crippen LogP contribution >= 0.6 is 39.1 Å². The molecule has 8 heteroatoms. The Morgan fingerprint density at radius 1 is 1.00 bits per heavy atom. The molecule has 5 nitrogen and oxygen atoms in total. The number of halogens is 3. The van der Waals surface area contributed by atoms with Crippen molar-refractivity contribution in [1.29, 1.82) is 5.26 Å². The van der Waals surface area contributed by atoms with Gasteiger partial charge in [0.25, 0.3) is 5.91 Å². The number of benzene rings is 4. The Hall–Kier alpha value is -3.50. The zero-order valence-electron chi connectivity index (χ0n) is 19.0. The molecule has 0 unspecified atom stereocenters. The smallest absolute Gasteiger partial charge is 0.266 e. The zero-order chi connectivity index (χ0) is 25.7. The summed E-state index contributed by atoms with van der Waals surface area (Å²) in [5.41, 5.74) is 1.91. The van der Waals surface area contributed by atoms with Gasteiger partial charge in [0, 0.05) is 10.2 Å². The van der Waals surface area contributed by atoms with Gasteiger partial charge in [-0.1, -0.05) is 75.5 Å². The fourth-order valence-corrected chi connectivity index (χ4v) is 4.23. The highest BCUT2D eigenvalue weighted by molar-refractivity contribution is 9.10. The summed E-state index contributed by atoms with van der Waals surface area (Å²) in [4.78, 5) is 12.7. The highest BCUT2D eigenvalue weighted by Gasteiger charge is 2.14. The van der Waals surface area contributed by atoms with Crippen molar-refractivity contribution in [2.45, 2.75) is 6.61 Å². The third kappa shape index (κ3) is 6.00. The third-order valence-electron chi connectivity index (χ3n) is 5.33. The first-order chi connectivity index (χ1) is 17.4. The lowest BCUT2D eigenvalue weighted by atomic mass is 10.1. The minimum absolute atomic E-state index is 0.103. The van der Waals surface area contributed by atoms with Crippen molar-refractivity contribution in [2.75, 3.05) is 12.4 Å². The maximum atomic E-state index is 12.7. The molecule has 4 rings (SSSR count). The van der Waals surface area contributed by atoms with Crippen LogP contribution in [0.3, 0.4) is 0 Å². The van der Waals surface area contributed by atoms with Crippen molar-refractivity contribution in [3.05, 3.63) is 104 Å². The van der Waals surface area contributed by atoms with E-state index in [1.54, 1.807) is 24.3 Å². The highest BCUT2D eigenvalue weighted by Crippen LogP contribution is 2.35. The van der Waals surface area contributed by atoms with E-state index in [-0.39, 0.29) is 5.57 Å². The minimum atomic E-state index is -0.585. The number of nitriles is 1. The first kappa shape index (κ1) is 25.6. The van der Waals surface area contributed by atoms with Crippen LogP contribution in [0.4, 0.5) is 5.69 Å². The van der Waals surface area contributed by atoms with Gasteiger partial charge in [-0.2, -0.15) is 5.26 Å². The molecule has 0 spiro atoms. The summed E-state index contributed by atoms with van der Waals surface area (Å²) in [5, 5.41) is 15.2. The number of hydrogen-bond acceptors (Lipinski definition) is 4. The fourth-order valence-electron chi connectivity index (χ4n) is 3.50. The van der Waals surface area contributed by atoms with Gasteiger partial charge in [-0.3, -0.25) is 4.79 Å². The number of carbonyl (C=O) groups excluding carboxylic acids is 1. The van der Waals surface area contributed by atoms with Crippen molar-refractivity contribution >= 4 is 67.6 Å². The summed E-state index contributed by atoms with van der Waals surface area (Å²) in [6, 6.07) is 24.3. The van der Waals surface area contributed by atoms with Crippen molar-refractivity contribution in [3.63, 3.8) is 0 Å². The SMILES string of the molecule is COc1cc(/C=C(\C#N)C(=O)Nc2ccc(Cl)c(Cl)c2)c(Br)cc1OCc1ccc2ccccc2c1. The second-order valence-electron chi connectivity index (χ2n) is 7.75. The van der Waals surface area contributed by atoms with Crippen molar-refractivity contribution in [1.82, 2.24) is 0 Å². The monoisotopic (exact) mass is 580 g/mol. The number of fused-ring (bicyclic) bond motifs is 1. The lowest BCUT2D eigenvalue weighted by Gasteiger charge is -2.13. The van der Waals surface area contributed by atoms with E-state index in [1.807, 2.05) is 24.3 Å². The van der Waals surface area contributed by atoms with Crippen LogP contribution in [-0.4, -0.2) is 13.0 Å². The standard InChI is InChI=1S/C28H19BrCl2N2O3/c1-35-26-12-20(11-21(15-32)28(34)33-22-8-9-24(30)25(31)13-22)23(29)14-27(26)36-16-17-6-7-18-4-2-3-5-19(18)10-17/h2-14H,16H2,1H3,(H,33,34)/b21-11+. The largest absolute Gasteiger partial charge is 0.493 e. The molecule has 1 N–H and O–H groups in total. The van der Waals surface area contributed by atoms with Crippen LogP contribution in [-0.2, 0) is 11.4 Å². The van der Waals surface area contributed by atoms with E-state index in [4.69, 9.17) is 32.7 Å². The van der Waals surface area contributed by atoms with E-state index < -0.39 is 5.91 Å². The van der Waals surface area contributed by atoms with Crippen LogP contribution in [0.25, 0.3) is 16.8 Å². The quantitative estimate of drug-likeness (QED) is 0.177. The van der Waals surface area contributed by atoms with Crippen molar-refractivity contribution in [2.24, 2.45) is 0 Å². The summed E-state index contributed by atoms with van der Waals surface area (Å²) in [7, 11) is 1.53. The number of nitrogens with one attached hydrogen (secondary N) is 1. The average molecular weight is 582 g/mol. The Balaban J connectivity index is 1.54. The molecule has 0 saturated carbocycles. The van der Waals surface area contributed by atoms with Gasteiger partial charge in [0.2, 0.25) is 0 Å². The lowest BCUT2D eigenvalue weighted by Crippen LogP contribution is -2.13. The predicted octanol–water partition coefficient (Wildman–Crippen LogP) is 8.04. The molecule has 0 bridgehead atoms. The summed E-state index contributed by atoms with van der Waals surface area (Å²) >= 11 is 15.4. The summed E-state index contributed by atoms with van der Waals surface area (Å²) in [5.74, 6) is 0.402. The summed E-state index contributed by atoms with van der Waals surface area (Å²) in [6.45, 7) is 0.346. The van der Waals surface area contributed by atoms with Gasteiger partial charge in [0.1, 0.15) is 18.2 Å². The molecule has 0 aromatic heterocycles. The normalized spacial score (nSPS) is 11.1. The van der Waals surface area contributed by atoms with Gasteiger partial charge < -0.3 is 14.8 Å². The molecule has 0 fully saturated rings. The Bertz CT molecular complexity index is 1530. The average Bonchev–Trinajstić information content (AvgIpc) is 2.88. The minimum Gasteiger partial charge on any atom is -0.493 e. The van der Waals surface area contributed by atoms with E-state index in [1.165, 1.54) is 19.3 Å². The topological polar surface area (TPSA) is 71.3 Å². The zero-order valence-corrected chi connectivity index (χ0v) is 22.1. The molecule has 0 heterocycles.